The smallest absolute Gasteiger partial charge is 0.260 e. The van der Waals surface area contributed by atoms with E-state index in [2.05, 4.69) is 5.32 Å². The van der Waals surface area contributed by atoms with Crippen molar-refractivity contribution in [3.05, 3.63) is 23.2 Å². The average molecular weight is 430 g/mol. The Labute approximate surface area is 177 Å². The van der Waals surface area contributed by atoms with Gasteiger partial charge >= 0.3 is 0 Å². The molecule has 2 aliphatic rings. The van der Waals surface area contributed by atoms with Gasteiger partial charge in [0.2, 0.25) is 5.91 Å². The maximum Gasteiger partial charge on any atom is 0.260 e. The Bertz CT molecular complexity index is 710. The Morgan fingerprint density at radius 1 is 1.25 bits per heavy atom. The second-order valence-electron chi connectivity index (χ2n) is 7.43. The van der Waals surface area contributed by atoms with Gasteiger partial charge in [0.25, 0.3) is 5.91 Å². The van der Waals surface area contributed by atoms with Crippen molar-refractivity contribution in [1.82, 2.24) is 4.90 Å². The van der Waals surface area contributed by atoms with Crippen molar-refractivity contribution in [2.45, 2.75) is 39.2 Å². The number of nitrogens with one attached hydrogen (secondary N) is 1. The summed E-state index contributed by atoms with van der Waals surface area (Å²) in [5, 5.41) is 3.29. The van der Waals surface area contributed by atoms with Gasteiger partial charge in [-0.05, 0) is 63.1 Å². The van der Waals surface area contributed by atoms with E-state index in [0.29, 0.717) is 41.4 Å². The molecule has 2 bridgehead atoms. The van der Waals surface area contributed by atoms with Crippen molar-refractivity contribution >= 4 is 41.5 Å². The Kier molecular flexibility index (Phi) is 7.98. The molecule has 0 aliphatic heterocycles. The monoisotopic (exact) mass is 429 g/mol. The molecule has 6 nitrogen and oxygen atoms in total. The molecule has 28 heavy (non-hydrogen) atoms. The summed E-state index contributed by atoms with van der Waals surface area (Å²) in [6.45, 7) is 5.07. The van der Waals surface area contributed by atoms with Crippen LogP contribution in [0.1, 0.15) is 33.1 Å². The van der Waals surface area contributed by atoms with E-state index in [0.717, 1.165) is 19.3 Å². The number of fused-ring (bicyclic) bond motifs is 2. The molecule has 2 aliphatic carbocycles. The summed E-state index contributed by atoms with van der Waals surface area (Å²) in [7, 11) is 0. The maximum atomic E-state index is 12.7. The van der Waals surface area contributed by atoms with Crippen LogP contribution in [0.4, 0.5) is 5.69 Å². The number of nitrogens with two attached hydrogens (primary N) is 1. The van der Waals surface area contributed by atoms with Gasteiger partial charge in [0.15, 0.2) is 6.61 Å². The van der Waals surface area contributed by atoms with Crippen LogP contribution in [0.2, 0.25) is 5.02 Å². The van der Waals surface area contributed by atoms with Crippen LogP contribution >= 0.6 is 24.0 Å². The molecule has 156 valence electrons. The molecule has 2 saturated carbocycles. The van der Waals surface area contributed by atoms with Crippen molar-refractivity contribution in [1.29, 1.82) is 0 Å². The number of hydrogen-bond acceptors (Lipinski definition) is 4. The van der Waals surface area contributed by atoms with E-state index in [4.69, 9.17) is 22.1 Å². The first-order valence-electron chi connectivity index (χ1n) is 9.71. The Morgan fingerprint density at radius 2 is 1.93 bits per heavy atom. The first-order chi connectivity index (χ1) is 12.9. The molecule has 3 rings (SSSR count). The quantitative estimate of drug-likeness (QED) is 0.695. The largest absolute Gasteiger partial charge is 0.482 e. The molecule has 8 heteroatoms. The van der Waals surface area contributed by atoms with E-state index in [1.54, 1.807) is 23.1 Å². The minimum atomic E-state index is -0.120. The Balaban J connectivity index is 0.00000280. The van der Waals surface area contributed by atoms with Crippen LogP contribution in [0.25, 0.3) is 0 Å². The van der Waals surface area contributed by atoms with E-state index in [1.165, 1.54) is 0 Å². The summed E-state index contributed by atoms with van der Waals surface area (Å²) in [5.74, 6) is 1.06. The van der Waals surface area contributed by atoms with E-state index >= 15 is 0 Å². The van der Waals surface area contributed by atoms with Gasteiger partial charge in [-0.1, -0.05) is 11.6 Å². The number of carbonyl (C=O) groups excluding carboxylic acids is 2. The van der Waals surface area contributed by atoms with E-state index in [-0.39, 0.29) is 42.8 Å². The average Bonchev–Trinajstić information content (AvgIpc) is 3.23. The van der Waals surface area contributed by atoms with Gasteiger partial charge in [-0.3, -0.25) is 9.59 Å². The topological polar surface area (TPSA) is 84.7 Å². The van der Waals surface area contributed by atoms with E-state index in [1.807, 2.05) is 13.8 Å². The van der Waals surface area contributed by atoms with Gasteiger partial charge in [-0.25, -0.2) is 0 Å². The number of anilines is 1. The highest BCUT2D eigenvalue weighted by Crippen LogP contribution is 2.48. The Morgan fingerprint density at radius 3 is 2.50 bits per heavy atom. The standard InChI is InChI=1S/C20H28ClN3O3.ClH/c1-3-24(4-2)17(25)11-27-16-8-7-14(10-15(16)21)23-20(26)18-12-5-6-13(9-12)19(18)22;/h7-8,10,12-13,18-19H,3-6,9,11,22H2,1-2H3,(H,23,26);1H. The fraction of sp³-hybridized carbons (Fsp3) is 0.600. The third-order valence-corrected chi connectivity index (χ3v) is 6.25. The van der Waals surface area contributed by atoms with Crippen molar-refractivity contribution in [2.75, 3.05) is 25.0 Å². The second-order valence-corrected chi connectivity index (χ2v) is 7.83. The summed E-state index contributed by atoms with van der Waals surface area (Å²) >= 11 is 6.27. The Hall–Kier alpha value is -1.50. The first-order valence-corrected chi connectivity index (χ1v) is 10.1. The molecule has 0 radical (unpaired) electrons. The predicted molar refractivity (Wildman–Crippen MR) is 113 cm³/mol. The molecule has 0 aromatic heterocycles. The number of halogens is 2. The van der Waals surface area contributed by atoms with Gasteiger partial charge in [0.05, 0.1) is 10.9 Å². The number of benzene rings is 1. The highest BCUT2D eigenvalue weighted by Gasteiger charge is 2.49. The van der Waals surface area contributed by atoms with Gasteiger partial charge in [0, 0.05) is 24.8 Å². The summed E-state index contributed by atoms with van der Waals surface area (Å²) in [5.41, 5.74) is 6.86. The number of ether oxygens (including phenoxy) is 1. The summed E-state index contributed by atoms with van der Waals surface area (Å²) in [4.78, 5) is 26.4. The molecule has 2 fully saturated rings. The third-order valence-electron chi connectivity index (χ3n) is 5.95. The van der Waals surface area contributed by atoms with Crippen LogP contribution in [0.5, 0.6) is 5.75 Å². The lowest BCUT2D eigenvalue weighted by Crippen LogP contribution is -2.42. The van der Waals surface area contributed by atoms with Gasteiger partial charge < -0.3 is 20.7 Å². The minimum Gasteiger partial charge on any atom is -0.482 e. The lowest BCUT2D eigenvalue weighted by molar-refractivity contribution is -0.133. The molecule has 4 atom stereocenters. The fourth-order valence-electron chi connectivity index (χ4n) is 4.45. The molecule has 1 aromatic carbocycles. The van der Waals surface area contributed by atoms with Crippen LogP contribution in [0.3, 0.4) is 0 Å². The van der Waals surface area contributed by atoms with E-state index < -0.39 is 0 Å². The number of likely N-dealkylation sites (N-methyl/N-ethyl adjacent to an activating group) is 1. The third kappa shape index (κ3) is 4.73. The SMILES string of the molecule is CCN(CC)C(=O)COc1ccc(NC(=O)C2C3CCC(C3)C2N)cc1Cl.Cl. The van der Waals surface area contributed by atoms with Gasteiger partial charge in [-0.2, -0.15) is 0 Å². The second kappa shape index (κ2) is 9.81. The number of nitrogens with zero attached hydrogens (tertiary/aromatic N) is 1. The molecular weight excluding hydrogens is 401 g/mol. The molecular formula is C20H29Cl2N3O3. The predicted octanol–water partition coefficient (Wildman–Crippen LogP) is 3.32. The normalized spacial score (nSPS) is 25.1. The van der Waals surface area contributed by atoms with Crippen molar-refractivity contribution in [3.63, 3.8) is 0 Å². The molecule has 2 amide bonds. The number of carbonyl (C=O) groups is 2. The molecule has 0 heterocycles. The maximum absolute atomic E-state index is 12.7. The summed E-state index contributed by atoms with van der Waals surface area (Å²) in [6, 6.07) is 5.01. The lowest BCUT2D eigenvalue weighted by Gasteiger charge is -2.27. The van der Waals surface area contributed by atoms with Crippen LogP contribution < -0.4 is 15.8 Å². The van der Waals surface area contributed by atoms with Gasteiger partial charge in [0.1, 0.15) is 5.75 Å². The van der Waals surface area contributed by atoms with Crippen molar-refractivity contribution in [3.8, 4) is 5.75 Å². The van der Waals surface area contributed by atoms with Crippen LogP contribution in [0, 0.1) is 17.8 Å². The van der Waals surface area contributed by atoms with Crippen LogP contribution in [-0.2, 0) is 9.59 Å². The fourth-order valence-corrected chi connectivity index (χ4v) is 4.69. The first kappa shape index (κ1) is 22.8. The molecule has 3 N–H and O–H groups in total. The lowest BCUT2D eigenvalue weighted by atomic mass is 9.84. The van der Waals surface area contributed by atoms with Crippen molar-refractivity contribution in [2.24, 2.45) is 23.5 Å². The molecule has 1 aromatic rings. The minimum absolute atomic E-state index is 0. The number of hydrogen-bond donors (Lipinski definition) is 2. The van der Waals surface area contributed by atoms with Crippen LogP contribution in [0.15, 0.2) is 18.2 Å². The highest BCUT2D eigenvalue weighted by atomic mass is 35.5. The molecule has 0 saturated heterocycles. The molecule has 4 unspecified atom stereocenters. The van der Waals surface area contributed by atoms with Crippen molar-refractivity contribution < 1.29 is 14.3 Å². The highest BCUT2D eigenvalue weighted by molar-refractivity contribution is 6.32. The van der Waals surface area contributed by atoms with Gasteiger partial charge in [-0.15, -0.1) is 12.4 Å². The van der Waals surface area contributed by atoms with Crippen LogP contribution in [-0.4, -0.2) is 42.5 Å². The molecule has 0 spiro atoms. The summed E-state index contributed by atoms with van der Waals surface area (Å²) in [6.07, 6.45) is 3.29. The zero-order valence-electron chi connectivity index (χ0n) is 16.3. The number of rotatable bonds is 7. The summed E-state index contributed by atoms with van der Waals surface area (Å²) < 4.78 is 5.54. The van der Waals surface area contributed by atoms with E-state index in [9.17, 15) is 9.59 Å². The zero-order chi connectivity index (χ0) is 19.6. The zero-order valence-corrected chi connectivity index (χ0v) is 17.9. The number of amides is 2.